The highest BCUT2D eigenvalue weighted by Crippen LogP contribution is 2.15. The Labute approximate surface area is 450 Å². The van der Waals surface area contributed by atoms with E-state index in [-0.39, 0.29) is 37.5 Å². The van der Waals surface area contributed by atoms with Gasteiger partial charge in [0.15, 0.2) is 6.10 Å². The average molecular weight is 1010 g/mol. The van der Waals surface area contributed by atoms with Crippen molar-refractivity contribution in [3.8, 4) is 0 Å². The number of rotatable bonds is 54. The number of hydrogen-bond donors (Lipinski definition) is 0. The number of unbranched alkanes of at least 4 members (excludes halogenated alkanes) is 27. The molecular formula is C67H112O6. The second-order valence-electron chi connectivity index (χ2n) is 19.9. The summed E-state index contributed by atoms with van der Waals surface area (Å²) in [5.74, 6) is -0.962. The van der Waals surface area contributed by atoms with Gasteiger partial charge in [0.25, 0.3) is 0 Å². The highest BCUT2D eigenvalue weighted by molar-refractivity contribution is 5.71. The molecule has 0 aromatic rings. The van der Waals surface area contributed by atoms with Crippen LogP contribution in [0.2, 0.25) is 0 Å². The molecule has 1 unspecified atom stereocenters. The third kappa shape index (κ3) is 58.8. The summed E-state index contributed by atoms with van der Waals surface area (Å²) in [7, 11) is 0. The molecule has 0 saturated carbocycles. The summed E-state index contributed by atoms with van der Waals surface area (Å²) in [4.78, 5) is 38.3. The maximum Gasteiger partial charge on any atom is 0.306 e. The Bertz CT molecular complexity index is 1490. The lowest BCUT2D eigenvalue weighted by molar-refractivity contribution is -0.167. The van der Waals surface area contributed by atoms with Gasteiger partial charge in [0.1, 0.15) is 13.2 Å². The summed E-state index contributed by atoms with van der Waals surface area (Å²) in [6.07, 6.45) is 82.2. The van der Waals surface area contributed by atoms with Gasteiger partial charge in [0.05, 0.1) is 0 Å². The monoisotopic (exact) mass is 1010 g/mol. The molecule has 0 rings (SSSR count). The molecule has 0 aliphatic rings. The Balaban J connectivity index is 4.47. The molecule has 6 heteroatoms. The molecule has 0 saturated heterocycles. The normalized spacial score (nSPS) is 12.9. The molecule has 0 spiro atoms. The minimum absolute atomic E-state index is 0.0996. The first-order chi connectivity index (χ1) is 36.0. The first-order valence-electron chi connectivity index (χ1n) is 30.4. The summed E-state index contributed by atoms with van der Waals surface area (Å²) in [5.41, 5.74) is 0. The second-order valence-corrected chi connectivity index (χ2v) is 19.9. The van der Waals surface area contributed by atoms with E-state index in [1.807, 2.05) is 0 Å². The molecule has 0 aliphatic carbocycles. The summed E-state index contributed by atoms with van der Waals surface area (Å²) < 4.78 is 16.9. The van der Waals surface area contributed by atoms with Crippen LogP contribution in [0.5, 0.6) is 0 Å². The number of allylic oxidation sites excluding steroid dienone is 18. The van der Waals surface area contributed by atoms with Crippen LogP contribution in [0.4, 0.5) is 0 Å². The fourth-order valence-electron chi connectivity index (χ4n) is 8.22. The van der Waals surface area contributed by atoms with Gasteiger partial charge in [-0.05, 0) is 109 Å². The van der Waals surface area contributed by atoms with E-state index in [0.717, 1.165) is 77.0 Å². The van der Waals surface area contributed by atoms with E-state index in [2.05, 4.69) is 130 Å². The van der Waals surface area contributed by atoms with Crippen LogP contribution in [-0.2, 0) is 28.6 Å². The molecule has 0 heterocycles. The zero-order valence-corrected chi connectivity index (χ0v) is 47.6. The molecule has 0 bridgehead atoms. The van der Waals surface area contributed by atoms with Gasteiger partial charge in [-0.1, -0.05) is 259 Å². The second kappa shape index (κ2) is 60.6. The SMILES string of the molecule is CC/C=C\C/C=C\C/C=C\C/C=C\C/C=C\CCCC(=O)OCC(COC(=O)CCCCCCCCCCCC/C=C\C=C/CCCCC)OC(=O)CCCCCCCCCCCC/C=C\C=C/CCCCC. The van der Waals surface area contributed by atoms with Gasteiger partial charge in [-0.15, -0.1) is 0 Å². The minimum atomic E-state index is -0.807. The van der Waals surface area contributed by atoms with Gasteiger partial charge in [-0.2, -0.15) is 0 Å². The van der Waals surface area contributed by atoms with Gasteiger partial charge in [0.2, 0.25) is 0 Å². The molecule has 0 aliphatic heterocycles. The lowest BCUT2D eigenvalue weighted by Gasteiger charge is -2.18. The van der Waals surface area contributed by atoms with E-state index < -0.39 is 6.10 Å². The summed E-state index contributed by atoms with van der Waals surface area (Å²) in [5, 5.41) is 0. The Morgan fingerprint density at radius 1 is 0.301 bits per heavy atom. The van der Waals surface area contributed by atoms with Crippen molar-refractivity contribution in [1.82, 2.24) is 0 Å². The molecule has 0 fully saturated rings. The van der Waals surface area contributed by atoms with Crippen LogP contribution in [0, 0.1) is 0 Å². The van der Waals surface area contributed by atoms with Gasteiger partial charge < -0.3 is 14.2 Å². The quantitative estimate of drug-likeness (QED) is 0.0199. The number of ether oxygens (including phenoxy) is 3. The van der Waals surface area contributed by atoms with Crippen LogP contribution < -0.4 is 0 Å². The van der Waals surface area contributed by atoms with Crippen LogP contribution in [0.3, 0.4) is 0 Å². The van der Waals surface area contributed by atoms with E-state index in [4.69, 9.17) is 14.2 Å². The highest BCUT2D eigenvalue weighted by atomic mass is 16.6. The summed E-state index contributed by atoms with van der Waals surface area (Å²) in [6, 6.07) is 0. The first kappa shape index (κ1) is 69.1. The van der Waals surface area contributed by atoms with Crippen molar-refractivity contribution < 1.29 is 28.6 Å². The molecule has 0 aromatic carbocycles. The number of esters is 3. The lowest BCUT2D eigenvalue weighted by Crippen LogP contribution is -2.30. The molecule has 0 N–H and O–H groups in total. The Hall–Kier alpha value is -3.93. The first-order valence-corrected chi connectivity index (χ1v) is 30.4. The lowest BCUT2D eigenvalue weighted by atomic mass is 10.1. The number of hydrogen-bond acceptors (Lipinski definition) is 6. The molecule has 0 amide bonds. The Kier molecular flexibility index (Phi) is 57.4. The van der Waals surface area contributed by atoms with Gasteiger partial charge in [0, 0.05) is 19.3 Å². The molecular weight excluding hydrogens is 901 g/mol. The average Bonchev–Trinajstić information content (AvgIpc) is 3.39. The molecule has 0 aromatic heterocycles. The molecule has 0 radical (unpaired) electrons. The number of carbonyl (C=O) groups excluding carboxylic acids is 3. The van der Waals surface area contributed by atoms with Gasteiger partial charge in [-0.3, -0.25) is 14.4 Å². The van der Waals surface area contributed by atoms with Gasteiger partial charge in [-0.25, -0.2) is 0 Å². The van der Waals surface area contributed by atoms with Crippen molar-refractivity contribution >= 4 is 17.9 Å². The molecule has 1 atom stereocenters. The fourth-order valence-corrected chi connectivity index (χ4v) is 8.22. The van der Waals surface area contributed by atoms with Crippen LogP contribution in [0.1, 0.15) is 278 Å². The standard InChI is InChI=1S/C67H112O6/c1-4-7-10-13-16-19-22-25-28-31-33-36-39-42-45-48-51-54-57-60-66(69)72-63-64(62-71-65(68)59-56-53-50-47-44-41-38-35-30-27-24-21-18-15-12-9-6-3)73-67(70)61-58-55-52-49-46-43-40-37-34-32-29-26-23-20-17-14-11-8-5-2/h9,12,16-23,25-27,30,38,41,47,50,64H,4-8,10-11,13-15,24,28-29,31-37,39-40,42-46,48-49,51-63H2,1-3H3/b12-9-,19-16-,20-17-,21-18-,25-22-,26-23-,30-27-,41-38-,50-47-. The van der Waals surface area contributed by atoms with E-state index in [0.29, 0.717) is 19.3 Å². The zero-order chi connectivity index (χ0) is 52.9. The summed E-state index contributed by atoms with van der Waals surface area (Å²) in [6.45, 7) is 6.43. The Morgan fingerprint density at radius 3 is 0.959 bits per heavy atom. The van der Waals surface area contributed by atoms with E-state index in [1.54, 1.807) is 0 Å². The van der Waals surface area contributed by atoms with Crippen molar-refractivity contribution in [3.63, 3.8) is 0 Å². The van der Waals surface area contributed by atoms with Crippen LogP contribution in [0.25, 0.3) is 0 Å². The van der Waals surface area contributed by atoms with Crippen molar-refractivity contribution in [2.45, 2.75) is 284 Å². The molecule has 6 nitrogen and oxygen atoms in total. The smallest absolute Gasteiger partial charge is 0.306 e. The van der Waals surface area contributed by atoms with Crippen molar-refractivity contribution in [2.75, 3.05) is 13.2 Å². The largest absolute Gasteiger partial charge is 0.462 e. The molecule has 416 valence electrons. The van der Waals surface area contributed by atoms with Crippen molar-refractivity contribution in [1.29, 1.82) is 0 Å². The van der Waals surface area contributed by atoms with Crippen molar-refractivity contribution in [2.24, 2.45) is 0 Å². The van der Waals surface area contributed by atoms with E-state index in [1.165, 1.54) is 154 Å². The maximum atomic E-state index is 12.9. The third-order valence-electron chi connectivity index (χ3n) is 12.8. The fraction of sp³-hybridized carbons (Fsp3) is 0.687. The van der Waals surface area contributed by atoms with Gasteiger partial charge >= 0.3 is 17.9 Å². The van der Waals surface area contributed by atoms with E-state index >= 15 is 0 Å². The molecule has 73 heavy (non-hydrogen) atoms. The Morgan fingerprint density at radius 2 is 0.589 bits per heavy atom. The zero-order valence-electron chi connectivity index (χ0n) is 47.6. The topological polar surface area (TPSA) is 78.9 Å². The van der Waals surface area contributed by atoms with Crippen molar-refractivity contribution in [3.05, 3.63) is 109 Å². The van der Waals surface area contributed by atoms with Crippen LogP contribution in [0.15, 0.2) is 109 Å². The van der Waals surface area contributed by atoms with Crippen LogP contribution >= 0.6 is 0 Å². The third-order valence-corrected chi connectivity index (χ3v) is 12.8. The van der Waals surface area contributed by atoms with Crippen LogP contribution in [-0.4, -0.2) is 37.2 Å². The summed E-state index contributed by atoms with van der Waals surface area (Å²) >= 11 is 0. The predicted octanol–water partition coefficient (Wildman–Crippen LogP) is 20.7. The maximum absolute atomic E-state index is 12.9. The predicted molar refractivity (Wildman–Crippen MR) is 316 cm³/mol. The minimum Gasteiger partial charge on any atom is -0.462 e. The highest BCUT2D eigenvalue weighted by Gasteiger charge is 2.19. The number of carbonyl (C=O) groups is 3. The van der Waals surface area contributed by atoms with E-state index in [9.17, 15) is 14.4 Å².